The first kappa shape index (κ1) is 8.89. The summed E-state index contributed by atoms with van der Waals surface area (Å²) in [5.74, 6) is 0. The van der Waals surface area contributed by atoms with Gasteiger partial charge < -0.3 is 9.84 Å². The standard InChI is InChI=1S/C13H12O2/c14-13(12-8-15-12)11-6-5-9-3-1-2-4-10(9)7-11/h1-7,12-14H,8H2/t12-,13?/m1/s1. The molecule has 0 radical (unpaired) electrons. The Balaban J connectivity index is 2.05. The maximum Gasteiger partial charge on any atom is 0.111 e. The number of hydrogen-bond donors (Lipinski definition) is 1. The number of rotatable bonds is 2. The number of fused-ring (bicyclic) bond motifs is 1. The van der Waals surface area contributed by atoms with Gasteiger partial charge in [-0.25, -0.2) is 0 Å². The molecule has 0 aromatic heterocycles. The quantitative estimate of drug-likeness (QED) is 0.754. The van der Waals surface area contributed by atoms with E-state index in [1.54, 1.807) is 0 Å². The molecule has 15 heavy (non-hydrogen) atoms. The third kappa shape index (κ3) is 1.62. The number of aliphatic hydroxyl groups excluding tert-OH is 1. The van der Waals surface area contributed by atoms with Gasteiger partial charge in [0.2, 0.25) is 0 Å². The zero-order chi connectivity index (χ0) is 10.3. The van der Waals surface area contributed by atoms with E-state index in [2.05, 4.69) is 12.1 Å². The molecule has 2 aromatic carbocycles. The molecule has 1 N–H and O–H groups in total. The molecule has 1 aliphatic rings. The van der Waals surface area contributed by atoms with E-state index in [9.17, 15) is 5.11 Å². The van der Waals surface area contributed by atoms with E-state index < -0.39 is 6.10 Å². The van der Waals surface area contributed by atoms with Gasteiger partial charge in [0, 0.05) is 0 Å². The summed E-state index contributed by atoms with van der Waals surface area (Å²) >= 11 is 0. The van der Waals surface area contributed by atoms with Crippen LogP contribution in [0.3, 0.4) is 0 Å². The molecule has 2 heteroatoms. The summed E-state index contributed by atoms with van der Waals surface area (Å²) in [5, 5.41) is 12.3. The fourth-order valence-corrected chi connectivity index (χ4v) is 1.84. The normalized spacial score (nSPS) is 21.5. The van der Waals surface area contributed by atoms with Gasteiger partial charge in [-0.3, -0.25) is 0 Å². The lowest BCUT2D eigenvalue weighted by Gasteiger charge is -2.08. The van der Waals surface area contributed by atoms with Gasteiger partial charge in [-0.15, -0.1) is 0 Å². The lowest BCUT2D eigenvalue weighted by atomic mass is 10.0. The van der Waals surface area contributed by atoms with Crippen LogP contribution in [0.25, 0.3) is 10.8 Å². The molecule has 0 amide bonds. The second kappa shape index (κ2) is 3.33. The van der Waals surface area contributed by atoms with E-state index in [0.717, 1.165) is 10.9 Å². The molecule has 2 atom stereocenters. The molecule has 2 nitrogen and oxygen atoms in total. The monoisotopic (exact) mass is 200 g/mol. The summed E-state index contributed by atoms with van der Waals surface area (Å²) in [5.41, 5.74) is 0.941. The Bertz CT molecular complexity index is 489. The number of ether oxygens (including phenoxy) is 1. The first-order valence-corrected chi connectivity index (χ1v) is 5.13. The van der Waals surface area contributed by atoms with E-state index in [-0.39, 0.29) is 6.10 Å². The minimum atomic E-state index is -0.477. The van der Waals surface area contributed by atoms with Crippen molar-refractivity contribution in [2.24, 2.45) is 0 Å². The Hall–Kier alpha value is -1.38. The highest BCUT2D eigenvalue weighted by Gasteiger charge is 2.32. The lowest BCUT2D eigenvalue weighted by molar-refractivity contribution is 0.137. The van der Waals surface area contributed by atoms with Crippen LogP contribution < -0.4 is 0 Å². The number of aliphatic hydroxyl groups is 1. The van der Waals surface area contributed by atoms with Crippen LogP contribution in [0.1, 0.15) is 11.7 Å². The maximum absolute atomic E-state index is 9.89. The van der Waals surface area contributed by atoms with Crippen LogP contribution in [-0.2, 0) is 4.74 Å². The van der Waals surface area contributed by atoms with Crippen LogP contribution in [-0.4, -0.2) is 17.8 Å². The van der Waals surface area contributed by atoms with Crippen molar-refractivity contribution in [3.8, 4) is 0 Å². The van der Waals surface area contributed by atoms with Crippen molar-refractivity contribution in [3.63, 3.8) is 0 Å². The second-order valence-corrected chi connectivity index (χ2v) is 3.92. The van der Waals surface area contributed by atoms with Gasteiger partial charge in [-0.2, -0.15) is 0 Å². The zero-order valence-corrected chi connectivity index (χ0v) is 8.26. The number of epoxide rings is 1. The molecule has 1 unspecified atom stereocenters. The molecule has 0 bridgehead atoms. The summed E-state index contributed by atoms with van der Waals surface area (Å²) in [6.45, 7) is 0.675. The van der Waals surface area contributed by atoms with Gasteiger partial charge in [0.15, 0.2) is 0 Å². The molecule has 1 saturated heterocycles. The van der Waals surface area contributed by atoms with Gasteiger partial charge in [0.05, 0.1) is 6.61 Å². The third-order valence-corrected chi connectivity index (χ3v) is 2.83. The third-order valence-electron chi connectivity index (χ3n) is 2.83. The highest BCUT2D eigenvalue weighted by Crippen LogP contribution is 2.29. The van der Waals surface area contributed by atoms with E-state index in [1.165, 1.54) is 5.39 Å². The van der Waals surface area contributed by atoms with Crippen molar-refractivity contribution in [2.45, 2.75) is 12.2 Å². The molecular formula is C13H12O2. The van der Waals surface area contributed by atoms with E-state index in [4.69, 9.17) is 4.74 Å². The molecule has 76 valence electrons. The molecule has 3 rings (SSSR count). The van der Waals surface area contributed by atoms with Crippen molar-refractivity contribution in [1.29, 1.82) is 0 Å². The average molecular weight is 200 g/mol. The van der Waals surface area contributed by atoms with E-state index in [0.29, 0.717) is 6.61 Å². The first-order chi connectivity index (χ1) is 7.34. The van der Waals surface area contributed by atoms with Gasteiger partial charge in [-0.1, -0.05) is 36.4 Å². The van der Waals surface area contributed by atoms with Crippen molar-refractivity contribution < 1.29 is 9.84 Å². The average Bonchev–Trinajstić information content (AvgIpc) is 3.11. The Morgan fingerprint density at radius 1 is 1.13 bits per heavy atom. The number of benzene rings is 2. The summed E-state index contributed by atoms with van der Waals surface area (Å²) in [6.07, 6.45) is -0.472. The molecule has 0 spiro atoms. The van der Waals surface area contributed by atoms with Crippen molar-refractivity contribution in [1.82, 2.24) is 0 Å². The van der Waals surface area contributed by atoms with Crippen molar-refractivity contribution in [2.75, 3.05) is 6.61 Å². The van der Waals surface area contributed by atoms with Crippen LogP contribution >= 0.6 is 0 Å². The van der Waals surface area contributed by atoms with Crippen LogP contribution in [0, 0.1) is 0 Å². The van der Waals surface area contributed by atoms with Gasteiger partial charge in [0.25, 0.3) is 0 Å². The summed E-state index contributed by atoms with van der Waals surface area (Å²) in [6, 6.07) is 14.2. The minimum absolute atomic E-state index is 0.00571. The van der Waals surface area contributed by atoms with Crippen LogP contribution in [0.15, 0.2) is 42.5 Å². The lowest BCUT2D eigenvalue weighted by Crippen LogP contribution is -2.04. The molecule has 0 aliphatic carbocycles. The molecule has 1 heterocycles. The van der Waals surface area contributed by atoms with Crippen molar-refractivity contribution >= 4 is 10.8 Å². The molecule has 1 aliphatic heterocycles. The SMILES string of the molecule is OC(c1ccc2ccccc2c1)[C@H]1CO1. The molecule has 1 fully saturated rings. The molecule has 2 aromatic rings. The van der Waals surface area contributed by atoms with E-state index in [1.807, 2.05) is 30.3 Å². The Labute approximate surface area is 88.1 Å². The Kier molecular flexibility index (Phi) is 1.97. The summed E-state index contributed by atoms with van der Waals surface area (Å²) in [4.78, 5) is 0. The van der Waals surface area contributed by atoms with Crippen LogP contribution in [0.4, 0.5) is 0 Å². The molecular weight excluding hydrogens is 188 g/mol. The van der Waals surface area contributed by atoms with Crippen LogP contribution in [0.5, 0.6) is 0 Å². The fourth-order valence-electron chi connectivity index (χ4n) is 1.84. The van der Waals surface area contributed by atoms with E-state index >= 15 is 0 Å². The highest BCUT2D eigenvalue weighted by molar-refractivity contribution is 5.83. The fraction of sp³-hybridized carbons (Fsp3) is 0.231. The van der Waals surface area contributed by atoms with Crippen molar-refractivity contribution in [3.05, 3.63) is 48.0 Å². The minimum Gasteiger partial charge on any atom is -0.386 e. The Morgan fingerprint density at radius 2 is 1.87 bits per heavy atom. The van der Waals surface area contributed by atoms with Gasteiger partial charge in [-0.05, 0) is 22.4 Å². The van der Waals surface area contributed by atoms with Gasteiger partial charge in [0.1, 0.15) is 12.2 Å². The topological polar surface area (TPSA) is 32.8 Å². The second-order valence-electron chi connectivity index (χ2n) is 3.92. The molecule has 0 saturated carbocycles. The largest absolute Gasteiger partial charge is 0.386 e. The van der Waals surface area contributed by atoms with Crippen LogP contribution in [0.2, 0.25) is 0 Å². The number of hydrogen-bond acceptors (Lipinski definition) is 2. The first-order valence-electron chi connectivity index (χ1n) is 5.13. The predicted octanol–water partition coefficient (Wildman–Crippen LogP) is 2.27. The highest BCUT2D eigenvalue weighted by atomic mass is 16.6. The predicted molar refractivity (Wildman–Crippen MR) is 58.6 cm³/mol. The summed E-state index contributed by atoms with van der Waals surface area (Å²) in [7, 11) is 0. The maximum atomic E-state index is 9.89. The zero-order valence-electron chi connectivity index (χ0n) is 8.26. The smallest absolute Gasteiger partial charge is 0.111 e. The summed E-state index contributed by atoms with van der Waals surface area (Å²) < 4.78 is 5.09. The van der Waals surface area contributed by atoms with Gasteiger partial charge >= 0.3 is 0 Å². The Morgan fingerprint density at radius 3 is 2.60 bits per heavy atom.